The van der Waals surface area contributed by atoms with Gasteiger partial charge < -0.3 is 20.4 Å². The van der Waals surface area contributed by atoms with Crippen LogP contribution in [0, 0.1) is 0 Å². The van der Waals surface area contributed by atoms with Gasteiger partial charge in [-0.2, -0.15) is 9.90 Å². The van der Waals surface area contributed by atoms with E-state index in [1.165, 1.54) is 0 Å². The van der Waals surface area contributed by atoms with Gasteiger partial charge in [-0.25, -0.2) is 0 Å². The Hall–Kier alpha value is 0.270. The zero-order valence-corrected chi connectivity index (χ0v) is 8.65. The summed E-state index contributed by atoms with van der Waals surface area (Å²) in [4.78, 5) is 0. The minimum absolute atomic E-state index is 0. The molecule has 4 nitrogen and oxygen atoms in total. The van der Waals surface area contributed by atoms with Crippen LogP contribution in [0.1, 0.15) is 19.3 Å². The van der Waals surface area contributed by atoms with Crippen molar-refractivity contribution >= 4 is 9.90 Å². The van der Waals surface area contributed by atoms with Gasteiger partial charge in [0, 0.05) is 19.8 Å². The first kappa shape index (κ1) is 14.8. The van der Waals surface area contributed by atoms with E-state index in [-0.39, 0.29) is 49.0 Å². The third-order valence-corrected chi connectivity index (χ3v) is 1.73. The molecule has 0 rings (SSSR count). The zero-order chi connectivity index (χ0) is 8.74. The second-order valence-electron chi connectivity index (χ2n) is 2.65. The van der Waals surface area contributed by atoms with E-state index >= 15 is 0 Å². The fraction of sp³-hybridized carbons (Fsp3) is 1.00. The second-order valence-corrected chi connectivity index (χ2v) is 2.65. The smallest absolute Gasteiger partial charge is 0.0713 e. The summed E-state index contributed by atoms with van der Waals surface area (Å²) in [6, 6.07) is 0. The Bertz CT molecular complexity index is 82.4. The van der Waals surface area contributed by atoms with Crippen molar-refractivity contribution in [1.82, 2.24) is 0 Å². The number of rotatable bonds is 6. The molecule has 0 fully saturated rings. The summed E-state index contributed by atoms with van der Waals surface area (Å²) in [6.07, 6.45) is 0.608. The van der Waals surface area contributed by atoms with E-state index in [1.54, 1.807) is 0 Å². The molecular weight excluding hydrogens is 179 g/mol. The fourth-order valence-corrected chi connectivity index (χ4v) is 0.999. The molecule has 0 aliphatic carbocycles. The van der Waals surface area contributed by atoms with Crippen LogP contribution in [0.5, 0.6) is 0 Å². The monoisotopic (exact) mass is 198 g/mol. The Morgan fingerprint density at radius 1 is 0.750 bits per heavy atom. The third kappa shape index (κ3) is 5.86. The topological polar surface area (TPSA) is 80.9 Å². The number of aliphatic hydroxyl groups is 4. The zero-order valence-electron chi connectivity index (χ0n) is 7.24. The lowest BCUT2D eigenvalue weighted by Crippen LogP contribution is -2.32. The van der Waals surface area contributed by atoms with Crippen LogP contribution in [0.15, 0.2) is 0 Å². The summed E-state index contributed by atoms with van der Waals surface area (Å²) in [7, 11) is 0. The maximum atomic E-state index is 9.53. The first-order chi connectivity index (χ1) is 5.18. The molecule has 0 radical (unpaired) electrons. The first-order valence-corrected chi connectivity index (χ1v) is 3.73. The maximum absolute atomic E-state index is 9.53. The average molecular weight is 198 g/mol. The Labute approximate surface area is 75.9 Å². The van der Waals surface area contributed by atoms with Gasteiger partial charge in [-0.15, -0.1) is 0 Å². The molecule has 5 heteroatoms. The molecule has 1 atom stereocenters. The lowest BCUT2D eigenvalue weighted by atomic mass is 9.93. The van der Waals surface area contributed by atoms with Crippen molar-refractivity contribution in [1.29, 1.82) is 0 Å². The summed E-state index contributed by atoms with van der Waals surface area (Å²) in [6.45, 7) is -0.385. The highest BCUT2D eigenvalue weighted by Crippen LogP contribution is 2.18. The molecule has 0 aromatic carbocycles. The van der Waals surface area contributed by atoms with Crippen molar-refractivity contribution in [3.63, 3.8) is 0 Å². The van der Waals surface area contributed by atoms with E-state index in [1.807, 2.05) is 0 Å². The maximum Gasteiger partial charge on any atom is 0.0713 e. The van der Waals surface area contributed by atoms with E-state index in [4.69, 9.17) is 15.3 Å². The number of hydrogen-bond donors (Lipinski definition) is 4. The van der Waals surface area contributed by atoms with Gasteiger partial charge in [-0.05, 0) is 19.3 Å². The minimum atomic E-state index is -1.10. The Balaban J connectivity index is 0. The molecule has 0 aliphatic heterocycles. The SMILES string of the molecule is OCCC(O)(CCO)CCO.P. The number of hydrogen-bond acceptors (Lipinski definition) is 4. The predicted molar refractivity (Wildman–Crippen MR) is 51.2 cm³/mol. The molecule has 1 unspecified atom stereocenters. The third-order valence-electron chi connectivity index (χ3n) is 1.73. The molecule has 0 heterocycles. The lowest BCUT2D eigenvalue weighted by Gasteiger charge is -2.25. The predicted octanol–water partition coefficient (Wildman–Crippen LogP) is -1.08. The van der Waals surface area contributed by atoms with Gasteiger partial charge in [-0.1, -0.05) is 0 Å². The standard InChI is InChI=1S/C7H16O4.H3P/c8-4-1-7(11,2-5-9)3-6-10;/h8-11H,1-6H2;1H3. The van der Waals surface area contributed by atoms with Crippen LogP contribution in [-0.2, 0) is 0 Å². The molecular formula is C7H19O4P. The molecule has 0 amide bonds. The van der Waals surface area contributed by atoms with Crippen LogP contribution in [0.4, 0.5) is 0 Å². The molecule has 4 N–H and O–H groups in total. The highest BCUT2D eigenvalue weighted by molar-refractivity contribution is 6.92. The van der Waals surface area contributed by atoms with Crippen LogP contribution in [0.2, 0.25) is 0 Å². The second kappa shape index (κ2) is 7.90. The van der Waals surface area contributed by atoms with Gasteiger partial charge in [-0.3, -0.25) is 0 Å². The van der Waals surface area contributed by atoms with Gasteiger partial charge in [0.1, 0.15) is 0 Å². The van der Waals surface area contributed by atoms with Crippen LogP contribution >= 0.6 is 9.90 Å². The summed E-state index contributed by atoms with van der Waals surface area (Å²) < 4.78 is 0. The van der Waals surface area contributed by atoms with Crippen LogP contribution in [-0.4, -0.2) is 45.8 Å². The molecule has 0 bridgehead atoms. The lowest BCUT2D eigenvalue weighted by molar-refractivity contribution is -0.0229. The highest BCUT2D eigenvalue weighted by Gasteiger charge is 2.24. The Morgan fingerprint density at radius 2 is 1.00 bits per heavy atom. The first-order valence-electron chi connectivity index (χ1n) is 3.73. The summed E-state index contributed by atoms with van der Waals surface area (Å²) in [5.74, 6) is 0. The van der Waals surface area contributed by atoms with Gasteiger partial charge in [0.2, 0.25) is 0 Å². The van der Waals surface area contributed by atoms with E-state index in [2.05, 4.69) is 0 Å². The van der Waals surface area contributed by atoms with Crippen molar-refractivity contribution in [2.45, 2.75) is 24.9 Å². The van der Waals surface area contributed by atoms with E-state index in [0.717, 1.165) is 0 Å². The molecule has 0 saturated carbocycles. The number of aliphatic hydroxyl groups excluding tert-OH is 3. The summed E-state index contributed by atoms with van der Waals surface area (Å²) >= 11 is 0. The van der Waals surface area contributed by atoms with Crippen molar-refractivity contribution in [2.24, 2.45) is 0 Å². The molecule has 0 aromatic heterocycles. The van der Waals surface area contributed by atoms with Crippen molar-refractivity contribution in [2.75, 3.05) is 19.8 Å². The van der Waals surface area contributed by atoms with Gasteiger partial charge in [0.25, 0.3) is 0 Å². The van der Waals surface area contributed by atoms with E-state index < -0.39 is 5.60 Å². The van der Waals surface area contributed by atoms with Crippen molar-refractivity contribution < 1.29 is 20.4 Å². The largest absolute Gasteiger partial charge is 0.396 e. The van der Waals surface area contributed by atoms with Crippen molar-refractivity contribution in [3.8, 4) is 0 Å². The van der Waals surface area contributed by atoms with Gasteiger partial charge in [0.05, 0.1) is 5.60 Å². The van der Waals surface area contributed by atoms with Crippen LogP contribution < -0.4 is 0 Å². The summed E-state index contributed by atoms with van der Waals surface area (Å²) in [5.41, 5.74) is -1.10. The fourth-order valence-electron chi connectivity index (χ4n) is 0.999. The molecule has 0 saturated heterocycles. The van der Waals surface area contributed by atoms with Crippen LogP contribution in [0.3, 0.4) is 0 Å². The molecule has 0 aromatic rings. The van der Waals surface area contributed by atoms with E-state index in [9.17, 15) is 5.11 Å². The highest BCUT2D eigenvalue weighted by atomic mass is 31.0. The Morgan fingerprint density at radius 3 is 1.17 bits per heavy atom. The minimum Gasteiger partial charge on any atom is -0.396 e. The van der Waals surface area contributed by atoms with Crippen molar-refractivity contribution in [3.05, 3.63) is 0 Å². The average Bonchev–Trinajstić information content (AvgIpc) is 1.88. The van der Waals surface area contributed by atoms with Gasteiger partial charge >= 0.3 is 0 Å². The van der Waals surface area contributed by atoms with Crippen LogP contribution in [0.25, 0.3) is 0 Å². The molecule has 76 valence electrons. The summed E-state index contributed by atoms with van der Waals surface area (Å²) in [5, 5.41) is 35.1. The van der Waals surface area contributed by atoms with E-state index in [0.29, 0.717) is 0 Å². The molecule has 0 aliphatic rings. The molecule has 0 spiro atoms. The quantitative estimate of drug-likeness (QED) is 0.409. The normalized spacial score (nSPS) is 11.0. The van der Waals surface area contributed by atoms with Gasteiger partial charge in [0.15, 0.2) is 0 Å². The Kier molecular flexibility index (Phi) is 9.72. The molecule has 12 heavy (non-hydrogen) atoms.